The summed E-state index contributed by atoms with van der Waals surface area (Å²) >= 11 is 3.42. The monoisotopic (exact) mass is 464 g/mol. The van der Waals surface area contributed by atoms with E-state index in [0.29, 0.717) is 11.7 Å². The molecule has 152 valence electrons. The SMILES string of the molecule is CC(C)c1ncc(C2=CCCN(c3ccnc(-c4cnc5cnc(Br)cn45)n3)C2)[nH]1. The highest BCUT2D eigenvalue weighted by molar-refractivity contribution is 9.10. The van der Waals surface area contributed by atoms with E-state index in [9.17, 15) is 0 Å². The summed E-state index contributed by atoms with van der Waals surface area (Å²) in [6.07, 6.45) is 12.3. The molecule has 1 N–H and O–H groups in total. The number of aromatic amines is 1. The molecule has 0 spiro atoms. The number of nitrogens with zero attached hydrogens (tertiary/aromatic N) is 7. The molecule has 0 amide bonds. The average Bonchev–Trinajstić information content (AvgIpc) is 3.41. The van der Waals surface area contributed by atoms with Crippen molar-refractivity contribution in [3.8, 4) is 11.5 Å². The van der Waals surface area contributed by atoms with Crippen LogP contribution in [0.15, 0.2) is 47.7 Å². The first kappa shape index (κ1) is 18.9. The Morgan fingerprint density at radius 3 is 2.83 bits per heavy atom. The van der Waals surface area contributed by atoms with Gasteiger partial charge >= 0.3 is 0 Å². The van der Waals surface area contributed by atoms with Gasteiger partial charge < -0.3 is 9.88 Å². The Bertz CT molecular complexity index is 1240. The van der Waals surface area contributed by atoms with Gasteiger partial charge in [-0.25, -0.2) is 24.9 Å². The van der Waals surface area contributed by atoms with Crippen molar-refractivity contribution in [2.75, 3.05) is 18.0 Å². The summed E-state index contributed by atoms with van der Waals surface area (Å²) in [4.78, 5) is 28.2. The third kappa shape index (κ3) is 3.49. The summed E-state index contributed by atoms with van der Waals surface area (Å²) < 4.78 is 2.67. The molecule has 0 atom stereocenters. The molecule has 5 rings (SSSR count). The molecule has 0 radical (unpaired) electrons. The van der Waals surface area contributed by atoms with E-state index in [1.54, 1.807) is 18.6 Å². The zero-order chi connectivity index (χ0) is 20.7. The summed E-state index contributed by atoms with van der Waals surface area (Å²) in [6, 6.07) is 1.96. The maximum Gasteiger partial charge on any atom is 0.180 e. The van der Waals surface area contributed by atoms with Crippen molar-refractivity contribution in [2.45, 2.75) is 26.2 Å². The predicted octanol–water partition coefficient (Wildman–Crippen LogP) is 4.09. The molecule has 0 aromatic carbocycles. The fourth-order valence-electron chi connectivity index (χ4n) is 3.61. The number of H-pyrrole nitrogens is 1. The van der Waals surface area contributed by atoms with Crippen molar-refractivity contribution in [2.24, 2.45) is 0 Å². The maximum absolute atomic E-state index is 4.85. The second-order valence-electron chi connectivity index (χ2n) is 7.60. The van der Waals surface area contributed by atoms with Crippen LogP contribution in [-0.2, 0) is 0 Å². The summed E-state index contributed by atoms with van der Waals surface area (Å²) in [6.45, 7) is 5.97. The molecule has 1 aliphatic rings. The van der Waals surface area contributed by atoms with Crippen molar-refractivity contribution >= 4 is 33.0 Å². The molecule has 0 bridgehead atoms. The second-order valence-corrected chi connectivity index (χ2v) is 8.41. The first-order valence-corrected chi connectivity index (χ1v) is 10.7. The van der Waals surface area contributed by atoms with Crippen LogP contribution in [0.3, 0.4) is 0 Å². The second kappa shape index (κ2) is 7.64. The lowest BCUT2D eigenvalue weighted by Gasteiger charge is -2.28. The van der Waals surface area contributed by atoms with Crippen LogP contribution in [0.5, 0.6) is 0 Å². The molecule has 30 heavy (non-hydrogen) atoms. The Morgan fingerprint density at radius 2 is 2.00 bits per heavy atom. The van der Waals surface area contributed by atoms with Crippen LogP contribution in [0.4, 0.5) is 5.82 Å². The number of hydrogen-bond donors (Lipinski definition) is 1. The molecule has 0 aliphatic carbocycles. The molecule has 5 heterocycles. The number of nitrogens with one attached hydrogen (secondary N) is 1. The Hall–Kier alpha value is -3.07. The minimum Gasteiger partial charge on any atom is -0.352 e. The van der Waals surface area contributed by atoms with Gasteiger partial charge in [0, 0.05) is 31.4 Å². The smallest absolute Gasteiger partial charge is 0.180 e. The molecule has 0 fully saturated rings. The fraction of sp³-hybridized carbons (Fsp3) is 0.286. The van der Waals surface area contributed by atoms with Gasteiger partial charge in [-0.2, -0.15) is 0 Å². The Labute approximate surface area is 182 Å². The summed E-state index contributed by atoms with van der Waals surface area (Å²) in [5.41, 5.74) is 3.91. The predicted molar refractivity (Wildman–Crippen MR) is 119 cm³/mol. The number of rotatable bonds is 4. The summed E-state index contributed by atoms with van der Waals surface area (Å²) in [5.74, 6) is 2.93. The minimum absolute atomic E-state index is 0.379. The molecular formula is C21H21BrN8. The lowest BCUT2D eigenvalue weighted by molar-refractivity contribution is 0.789. The molecule has 1 aliphatic heterocycles. The van der Waals surface area contributed by atoms with Gasteiger partial charge in [-0.05, 0) is 34.0 Å². The third-order valence-electron chi connectivity index (χ3n) is 5.20. The number of halogens is 1. The van der Waals surface area contributed by atoms with E-state index in [4.69, 9.17) is 4.98 Å². The molecule has 8 nitrogen and oxygen atoms in total. The molecular weight excluding hydrogens is 444 g/mol. The van der Waals surface area contributed by atoms with E-state index in [1.807, 2.05) is 22.9 Å². The highest BCUT2D eigenvalue weighted by Gasteiger charge is 2.19. The number of aromatic nitrogens is 7. The van der Waals surface area contributed by atoms with Crippen LogP contribution in [0.25, 0.3) is 22.7 Å². The van der Waals surface area contributed by atoms with E-state index in [2.05, 4.69) is 65.7 Å². The van der Waals surface area contributed by atoms with E-state index < -0.39 is 0 Å². The van der Waals surface area contributed by atoms with Crippen LogP contribution in [-0.4, -0.2) is 47.4 Å². The quantitative estimate of drug-likeness (QED) is 0.489. The van der Waals surface area contributed by atoms with Crippen molar-refractivity contribution in [1.82, 2.24) is 34.3 Å². The first-order chi connectivity index (χ1) is 14.6. The lowest BCUT2D eigenvalue weighted by atomic mass is 10.1. The van der Waals surface area contributed by atoms with Crippen LogP contribution in [0, 0.1) is 0 Å². The van der Waals surface area contributed by atoms with Gasteiger partial charge in [0.25, 0.3) is 0 Å². The first-order valence-electron chi connectivity index (χ1n) is 9.90. The van der Waals surface area contributed by atoms with Gasteiger partial charge in [0.05, 0.1) is 24.3 Å². The van der Waals surface area contributed by atoms with E-state index in [1.165, 1.54) is 5.57 Å². The van der Waals surface area contributed by atoms with Gasteiger partial charge in [0.15, 0.2) is 11.5 Å². The normalized spacial score (nSPS) is 14.5. The largest absolute Gasteiger partial charge is 0.352 e. The Balaban J connectivity index is 1.44. The van der Waals surface area contributed by atoms with Crippen molar-refractivity contribution in [3.63, 3.8) is 0 Å². The van der Waals surface area contributed by atoms with Crippen LogP contribution in [0.1, 0.15) is 37.7 Å². The van der Waals surface area contributed by atoms with Gasteiger partial charge in [-0.15, -0.1) is 0 Å². The van der Waals surface area contributed by atoms with Gasteiger partial charge in [-0.3, -0.25) is 4.40 Å². The molecule has 9 heteroatoms. The number of fused-ring (bicyclic) bond motifs is 1. The number of hydrogen-bond acceptors (Lipinski definition) is 6. The Morgan fingerprint density at radius 1 is 1.10 bits per heavy atom. The van der Waals surface area contributed by atoms with E-state index >= 15 is 0 Å². The molecule has 0 saturated heterocycles. The fourth-order valence-corrected chi connectivity index (χ4v) is 3.91. The zero-order valence-corrected chi connectivity index (χ0v) is 18.3. The average molecular weight is 465 g/mol. The topological polar surface area (TPSA) is 87.9 Å². The molecule has 4 aromatic rings. The number of imidazole rings is 2. The molecule has 0 unspecified atom stereocenters. The summed E-state index contributed by atoms with van der Waals surface area (Å²) in [7, 11) is 0. The van der Waals surface area contributed by atoms with E-state index in [-0.39, 0.29) is 0 Å². The third-order valence-corrected chi connectivity index (χ3v) is 5.61. The van der Waals surface area contributed by atoms with Crippen molar-refractivity contribution in [1.29, 1.82) is 0 Å². The highest BCUT2D eigenvalue weighted by atomic mass is 79.9. The van der Waals surface area contributed by atoms with Crippen LogP contribution < -0.4 is 4.90 Å². The summed E-state index contributed by atoms with van der Waals surface area (Å²) in [5, 5.41) is 0. The minimum atomic E-state index is 0.379. The van der Waals surface area contributed by atoms with Gasteiger partial charge in [0.1, 0.15) is 21.9 Å². The van der Waals surface area contributed by atoms with E-state index in [0.717, 1.165) is 52.8 Å². The highest BCUT2D eigenvalue weighted by Crippen LogP contribution is 2.26. The maximum atomic E-state index is 4.85. The van der Waals surface area contributed by atoms with Crippen LogP contribution >= 0.6 is 15.9 Å². The standard InChI is InChI=1S/C21H21BrN8/c1-13(2)20-26-8-15(27-20)14-4-3-7-29(11-14)18-5-6-23-21(28-18)16-9-25-19-10-24-17(22)12-30(16)19/h4-6,8-10,12-13H,3,7,11H2,1-2H3,(H,26,27). The van der Waals surface area contributed by atoms with Crippen molar-refractivity contribution in [3.05, 3.63) is 59.2 Å². The Kier molecular flexibility index (Phi) is 4.82. The lowest BCUT2D eigenvalue weighted by Crippen LogP contribution is -2.30. The molecule has 4 aromatic heterocycles. The van der Waals surface area contributed by atoms with Gasteiger partial charge in [0.2, 0.25) is 0 Å². The van der Waals surface area contributed by atoms with Crippen LogP contribution in [0.2, 0.25) is 0 Å². The molecule has 0 saturated carbocycles. The zero-order valence-electron chi connectivity index (χ0n) is 16.7. The number of anilines is 1. The van der Waals surface area contributed by atoms with Crippen molar-refractivity contribution < 1.29 is 0 Å². The van der Waals surface area contributed by atoms with Gasteiger partial charge in [-0.1, -0.05) is 19.9 Å².